The quantitative estimate of drug-likeness (QED) is 0.740. The second-order valence-electron chi connectivity index (χ2n) is 4.70. The van der Waals surface area contributed by atoms with Crippen LogP contribution in [0.2, 0.25) is 0 Å². The van der Waals surface area contributed by atoms with Gasteiger partial charge in [-0.15, -0.1) is 0 Å². The van der Waals surface area contributed by atoms with E-state index in [4.69, 9.17) is 0 Å². The van der Waals surface area contributed by atoms with E-state index >= 15 is 0 Å². The smallest absolute Gasteiger partial charge is 0.0414 e. The molecule has 0 radical (unpaired) electrons. The summed E-state index contributed by atoms with van der Waals surface area (Å²) in [7, 11) is 2.13. The first kappa shape index (κ1) is 11.1. The largest absolute Gasteiger partial charge is 0.345 e. The Morgan fingerprint density at radius 1 is 0.944 bits per heavy atom. The molecule has 0 spiro atoms. The fraction of sp³-hybridized carbons (Fsp3) is 0.176. The molecule has 0 N–H and O–H groups in total. The van der Waals surface area contributed by atoms with Crippen molar-refractivity contribution < 1.29 is 0 Å². The molecule has 18 heavy (non-hydrogen) atoms. The van der Waals surface area contributed by atoms with E-state index in [-0.39, 0.29) is 0 Å². The maximum absolute atomic E-state index is 2.30. The lowest BCUT2D eigenvalue weighted by molar-refractivity contribution is 0.984. The van der Waals surface area contributed by atoms with Gasteiger partial charge in [0.2, 0.25) is 0 Å². The second-order valence-corrected chi connectivity index (χ2v) is 4.70. The molecule has 0 amide bonds. The first-order valence-electron chi connectivity index (χ1n) is 6.44. The van der Waals surface area contributed by atoms with Crippen LogP contribution in [-0.4, -0.2) is 7.05 Å². The van der Waals surface area contributed by atoms with Crippen LogP contribution in [0.25, 0.3) is 10.8 Å². The minimum atomic E-state index is 1.14. The van der Waals surface area contributed by atoms with E-state index in [9.17, 15) is 0 Å². The first-order chi connectivity index (χ1) is 8.84. The Hall–Kier alpha value is -2.02. The number of benzene rings is 2. The molecule has 0 saturated carbocycles. The fourth-order valence-corrected chi connectivity index (χ4v) is 2.38. The van der Waals surface area contributed by atoms with Crippen LogP contribution in [0.1, 0.15) is 12.8 Å². The molecule has 3 rings (SSSR count). The van der Waals surface area contributed by atoms with Crippen molar-refractivity contribution in [1.82, 2.24) is 0 Å². The Labute approximate surface area is 108 Å². The molecule has 2 aromatic rings. The summed E-state index contributed by atoms with van der Waals surface area (Å²) in [5, 5.41) is 2.59. The normalized spacial score (nSPS) is 14.6. The van der Waals surface area contributed by atoms with Gasteiger partial charge < -0.3 is 4.90 Å². The van der Waals surface area contributed by atoms with Crippen molar-refractivity contribution >= 4 is 16.5 Å². The minimum absolute atomic E-state index is 1.14. The Bertz CT molecular complexity index is 622. The molecule has 1 heteroatoms. The molecular weight excluding hydrogens is 218 g/mol. The molecule has 0 saturated heterocycles. The average Bonchev–Trinajstić information content (AvgIpc) is 2.47. The molecule has 0 aliphatic heterocycles. The molecule has 0 unspecified atom stereocenters. The van der Waals surface area contributed by atoms with Crippen molar-refractivity contribution in [1.29, 1.82) is 0 Å². The Kier molecular flexibility index (Phi) is 2.89. The summed E-state index contributed by atoms with van der Waals surface area (Å²) in [6.07, 6.45) is 9.06. The summed E-state index contributed by atoms with van der Waals surface area (Å²) < 4.78 is 0. The predicted molar refractivity (Wildman–Crippen MR) is 78.8 cm³/mol. The van der Waals surface area contributed by atoms with Crippen LogP contribution in [0.3, 0.4) is 0 Å². The van der Waals surface area contributed by atoms with Crippen molar-refractivity contribution in [2.75, 3.05) is 11.9 Å². The second kappa shape index (κ2) is 4.69. The van der Waals surface area contributed by atoms with E-state index in [0.717, 1.165) is 12.8 Å². The summed E-state index contributed by atoms with van der Waals surface area (Å²) in [6.45, 7) is 0. The predicted octanol–water partition coefficient (Wildman–Crippen LogP) is 4.51. The van der Waals surface area contributed by atoms with Gasteiger partial charge in [-0.25, -0.2) is 0 Å². The summed E-state index contributed by atoms with van der Waals surface area (Å²) in [6, 6.07) is 15.1. The van der Waals surface area contributed by atoms with Crippen molar-refractivity contribution in [3.8, 4) is 0 Å². The van der Waals surface area contributed by atoms with Crippen LogP contribution < -0.4 is 4.90 Å². The van der Waals surface area contributed by atoms with Crippen molar-refractivity contribution in [2.24, 2.45) is 0 Å². The number of hydrogen-bond donors (Lipinski definition) is 0. The van der Waals surface area contributed by atoms with Gasteiger partial charge in [0.05, 0.1) is 0 Å². The molecule has 1 nitrogen and oxygen atoms in total. The lowest BCUT2D eigenvalue weighted by atomic mass is 10.1. The van der Waals surface area contributed by atoms with Gasteiger partial charge in [0.25, 0.3) is 0 Å². The van der Waals surface area contributed by atoms with Crippen molar-refractivity contribution in [3.05, 3.63) is 66.4 Å². The molecule has 0 aromatic heterocycles. The maximum Gasteiger partial charge on any atom is 0.0414 e. The molecule has 0 atom stereocenters. The Morgan fingerprint density at radius 3 is 2.56 bits per heavy atom. The highest BCUT2D eigenvalue weighted by Crippen LogP contribution is 2.25. The number of fused-ring (bicyclic) bond motifs is 1. The van der Waals surface area contributed by atoms with E-state index < -0.39 is 0 Å². The lowest BCUT2D eigenvalue weighted by Gasteiger charge is -2.22. The number of allylic oxidation sites excluding steroid dienone is 3. The van der Waals surface area contributed by atoms with E-state index in [1.54, 1.807) is 0 Å². The van der Waals surface area contributed by atoms with E-state index in [1.165, 1.54) is 22.2 Å². The summed E-state index contributed by atoms with van der Waals surface area (Å²) >= 11 is 0. The molecule has 90 valence electrons. The molecular formula is C17H17N. The van der Waals surface area contributed by atoms with E-state index in [1.807, 2.05) is 0 Å². The Morgan fingerprint density at radius 2 is 1.78 bits per heavy atom. The third kappa shape index (κ3) is 2.04. The van der Waals surface area contributed by atoms with E-state index in [2.05, 4.69) is 72.6 Å². The number of hydrogen-bond acceptors (Lipinski definition) is 1. The zero-order valence-electron chi connectivity index (χ0n) is 10.6. The van der Waals surface area contributed by atoms with Gasteiger partial charge >= 0.3 is 0 Å². The highest BCUT2D eigenvalue weighted by Gasteiger charge is 2.06. The van der Waals surface area contributed by atoms with Gasteiger partial charge in [0.15, 0.2) is 0 Å². The highest BCUT2D eigenvalue weighted by atomic mass is 15.1. The zero-order valence-corrected chi connectivity index (χ0v) is 10.6. The molecule has 0 fully saturated rings. The SMILES string of the molecule is CN(C1=CCCC=C1)c1ccc2ccccc2c1. The number of likely N-dealkylation sites (N-methyl/N-ethyl adjacent to an activating group) is 1. The Balaban J connectivity index is 1.98. The fourth-order valence-electron chi connectivity index (χ4n) is 2.38. The zero-order chi connectivity index (χ0) is 12.4. The van der Waals surface area contributed by atoms with Crippen LogP contribution in [0.4, 0.5) is 5.69 Å². The summed E-state index contributed by atoms with van der Waals surface area (Å²) in [5.41, 5.74) is 2.53. The lowest BCUT2D eigenvalue weighted by Crippen LogP contribution is -2.15. The molecule has 2 aromatic carbocycles. The standard InChI is InChI=1S/C17H17N/c1-18(16-9-3-2-4-10-16)17-12-11-14-7-5-6-8-15(14)13-17/h3,5-13H,2,4H2,1H3. The van der Waals surface area contributed by atoms with Gasteiger partial charge in [-0.05, 0) is 41.8 Å². The molecule has 0 bridgehead atoms. The monoisotopic (exact) mass is 235 g/mol. The number of anilines is 1. The summed E-state index contributed by atoms with van der Waals surface area (Å²) in [5.74, 6) is 0. The van der Waals surface area contributed by atoms with Crippen LogP contribution in [0, 0.1) is 0 Å². The maximum atomic E-state index is 2.30. The van der Waals surface area contributed by atoms with Gasteiger partial charge in [-0.2, -0.15) is 0 Å². The third-order valence-corrected chi connectivity index (χ3v) is 3.48. The van der Waals surface area contributed by atoms with Crippen LogP contribution in [0.5, 0.6) is 0 Å². The molecule has 1 aliphatic rings. The van der Waals surface area contributed by atoms with E-state index in [0.29, 0.717) is 0 Å². The first-order valence-corrected chi connectivity index (χ1v) is 6.44. The van der Waals surface area contributed by atoms with Gasteiger partial charge in [-0.3, -0.25) is 0 Å². The number of rotatable bonds is 2. The highest BCUT2D eigenvalue weighted by molar-refractivity contribution is 5.86. The van der Waals surface area contributed by atoms with Gasteiger partial charge in [0, 0.05) is 18.4 Å². The summed E-state index contributed by atoms with van der Waals surface area (Å²) in [4.78, 5) is 2.25. The minimum Gasteiger partial charge on any atom is -0.345 e. The van der Waals surface area contributed by atoms with Crippen LogP contribution >= 0.6 is 0 Å². The molecule has 1 aliphatic carbocycles. The van der Waals surface area contributed by atoms with Gasteiger partial charge in [-0.1, -0.05) is 42.5 Å². The topological polar surface area (TPSA) is 3.24 Å². The third-order valence-electron chi connectivity index (χ3n) is 3.48. The number of nitrogens with zero attached hydrogens (tertiary/aromatic N) is 1. The van der Waals surface area contributed by atoms with Gasteiger partial charge in [0.1, 0.15) is 0 Å². The van der Waals surface area contributed by atoms with Crippen molar-refractivity contribution in [3.63, 3.8) is 0 Å². The average molecular weight is 235 g/mol. The van der Waals surface area contributed by atoms with Crippen molar-refractivity contribution in [2.45, 2.75) is 12.8 Å². The molecule has 0 heterocycles. The van der Waals surface area contributed by atoms with Crippen LogP contribution in [-0.2, 0) is 0 Å². The van der Waals surface area contributed by atoms with Crippen LogP contribution in [0.15, 0.2) is 66.4 Å².